The molecule has 1 aliphatic heterocycles. The van der Waals surface area contributed by atoms with Crippen LogP contribution >= 0.6 is 0 Å². The Balaban J connectivity index is 1.43. The summed E-state index contributed by atoms with van der Waals surface area (Å²) in [6, 6.07) is 9.73. The van der Waals surface area contributed by atoms with Gasteiger partial charge in [-0.05, 0) is 35.2 Å². The predicted molar refractivity (Wildman–Crippen MR) is 120 cm³/mol. The molecule has 1 N–H and O–H groups in total. The molecule has 186 valence electrons. The fourth-order valence-corrected chi connectivity index (χ4v) is 3.89. The molecule has 0 aliphatic carbocycles. The normalized spacial score (nSPS) is 13.8. The number of halogens is 3. The van der Waals surface area contributed by atoms with Crippen LogP contribution in [0.2, 0.25) is 0 Å². The highest BCUT2D eigenvalue weighted by Gasteiger charge is 2.19. The Morgan fingerprint density at radius 1 is 1.14 bits per heavy atom. The maximum atomic E-state index is 14.9. The lowest BCUT2D eigenvalue weighted by atomic mass is 9.98. The van der Waals surface area contributed by atoms with Crippen molar-refractivity contribution in [2.45, 2.75) is 19.3 Å². The largest absolute Gasteiger partial charge is 0.496 e. The molecule has 1 saturated heterocycles. The topological polar surface area (TPSA) is 89.7 Å². The van der Waals surface area contributed by atoms with E-state index in [0.717, 1.165) is 11.1 Å². The molecular weight excluding hydrogens is 465 g/mol. The first kappa shape index (κ1) is 24.5. The number of carbonyl (C=O) groups is 1. The number of amides is 2. The first-order chi connectivity index (χ1) is 17.0. The Labute approximate surface area is 200 Å². The first-order valence-electron chi connectivity index (χ1n) is 11.1. The summed E-state index contributed by atoms with van der Waals surface area (Å²) in [5, 5.41) is 9.73. The molecule has 2 aromatic carbocycles. The van der Waals surface area contributed by atoms with Crippen LogP contribution in [0.15, 0.2) is 40.8 Å². The number of hydrogen-bond donors (Lipinski definition) is 1. The minimum atomic E-state index is -2.90. The van der Waals surface area contributed by atoms with Crippen LogP contribution in [0.1, 0.15) is 29.0 Å². The zero-order valence-corrected chi connectivity index (χ0v) is 19.1. The van der Waals surface area contributed by atoms with Crippen LogP contribution in [0.5, 0.6) is 5.75 Å². The van der Waals surface area contributed by atoms with Gasteiger partial charge >= 0.3 is 12.5 Å². The second-order valence-corrected chi connectivity index (χ2v) is 7.92. The highest BCUT2D eigenvalue weighted by atomic mass is 19.3. The van der Waals surface area contributed by atoms with Gasteiger partial charge in [0.2, 0.25) is 5.89 Å². The predicted octanol–water partition coefficient (Wildman–Crippen LogP) is 4.00. The van der Waals surface area contributed by atoms with Gasteiger partial charge in [0.25, 0.3) is 5.89 Å². The third-order valence-corrected chi connectivity index (χ3v) is 5.66. The van der Waals surface area contributed by atoms with E-state index in [1.807, 2.05) is 18.2 Å². The van der Waals surface area contributed by atoms with Gasteiger partial charge in [-0.25, -0.2) is 9.18 Å². The van der Waals surface area contributed by atoms with Crippen molar-refractivity contribution in [1.82, 2.24) is 20.4 Å². The number of alkyl halides is 2. The number of rotatable bonds is 8. The number of nitrogens with zero attached hydrogens (tertiary/aromatic N) is 3. The molecule has 4 rings (SSSR count). The molecule has 0 saturated carbocycles. The molecule has 1 aromatic heterocycles. The maximum Gasteiger partial charge on any atom is 0.317 e. The van der Waals surface area contributed by atoms with Crippen molar-refractivity contribution >= 4 is 6.03 Å². The van der Waals surface area contributed by atoms with Gasteiger partial charge < -0.3 is 24.1 Å². The van der Waals surface area contributed by atoms with E-state index in [1.165, 1.54) is 6.07 Å². The molecular formula is C24H25F3N4O4. The SMILES string of the molecule is COc1c(CCNC(=O)N2CCOCC2)cccc1Cc1ccc(-c2nnc(C(F)F)o2)cc1F. The maximum absolute atomic E-state index is 14.9. The monoisotopic (exact) mass is 490 g/mol. The van der Waals surface area contributed by atoms with Crippen LogP contribution in [0.25, 0.3) is 11.5 Å². The van der Waals surface area contributed by atoms with Gasteiger partial charge in [-0.15, -0.1) is 10.2 Å². The van der Waals surface area contributed by atoms with Crippen molar-refractivity contribution in [1.29, 1.82) is 0 Å². The zero-order valence-electron chi connectivity index (χ0n) is 19.1. The minimum absolute atomic E-state index is 0.132. The first-order valence-corrected chi connectivity index (χ1v) is 11.1. The van der Waals surface area contributed by atoms with Crippen molar-refractivity contribution in [2.75, 3.05) is 40.0 Å². The van der Waals surface area contributed by atoms with E-state index in [1.54, 1.807) is 24.1 Å². The molecule has 0 radical (unpaired) electrons. The summed E-state index contributed by atoms with van der Waals surface area (Å²) in [5.41, 5.74) is 2.25. The number of ether oxygens (including phenoxy) is 2. The standard InChI is InChI=1S/C24H25F3N4O4/c1-33-20-15(7-8-28-24(32)31-9-11-34-12-10-31)3-2-4-17(20)13-16-5-6-18(14-19(16)25)22-29-30-23(35-22)21(26)27/h2-6,14,21H,7-13H2,1H3,(H,28,32). The van der Waals surface area contributed by atoms with Crippen LogP contribution in [-0.4, -0.2) is 61.1 Å². The number of morpholine rings is 1. The van der Waals surface area contributed by atoms with Crippen molar-refractivity contribution in [3.63, 3.8) is 0 Å². The van der Waals surface area contributed by atoms with E-state index in [2.05, 4.69) is 15.5 Å². The molecule has 3 aromatic rings. The average molecular weight is 490 g/mol. The fraction of sp³-hybridized carbons (Fsp3) is 0.375. The number of aromatic nitrogens is 2. The summed E-state index contributed by atoms with van der Waals surface area (Å²) in [7, 11) is 1.55. The lowest BCUT2D eigenvalue weighted by Crippen LogP contribution is -2.46. The number of hydrogen-bond acceptors (Lipinski definition) is 6. The Kier molecular flexibility index (Phi) is 7.86. The Bertz CT molecular complexity index is 1170. The molecule has 1 aliphatic rings. The van der Waals surface area contributed by atoms with Crippen LogP contribution in [0.3, 0.4) is 0 Å². The van der Waals surface area contributed by atoms with E-state index >= 15 is 0 Å². The number of para-hydroxylation sites is 1. The van der Waals surface area contributed by atoms with Crippen molar-refractivity contribution in [3.8, 4) is 17.2 Å². The van der Waals surface area contributed by atoms with E-state index in [9.17, 15) is 18.0 Å². The summed E-state index contributed by atoms with van der Waals surface area (Å²) < 4.78 is 56.0. The Hall–Kier alpha value is -3.60. The number of urea groups is 1. The lowest BCUT2D eigenvalue weighted by molar-refractivity contribution is 0.0533. The zero-order chi connectivity index (χ0) is 24.8. The third kappa shape index (κ3) is 5.91. The molecule has 0 bridgehead atoms. The molecule has 11 heteroatoms. The number of benzene rings is 2. The second kappa shape index (κ2) is 11.2. The van der Waals surface area contributed by atoms with Crippen LogP contribution < -0.4 is 10.1 Å². The van der Waals surface area contributed by atoms with Crippen LogP contribution in [-0.2, 0) is 17.6 Å². The summed E-state index contributed by atoms with van der Waals surface area (Å²) in [6.07, 6.45) is -2.11. The minimum Gasteiger partial charge on any atom is -0.496 e. The van der Waals surface area contributed by atoms with Gasteiger partial charge in [0, 0.05) is 31.6 Å². The lowest BCUT2D eigenvalue weighted by Gasteiger charge is -2.27. The summed E-state index contributed by atoms with van der Waals surface area (Å²) >= 11 is 0. The van der Waals surface area contributed by atoms with Crippen molar-refractivity contribution < 1.29 is 31.9 Å². The molecule has 8 nitrogen and oxygen atoms in total. The van der Waals surface area contributed by atoms with Crippen molar-refractivity contribution in [2.24, 2.45) is 0 Å². The van der Waals surface area contributed by atoms with Crippen LogP contribution in [0, 0.1) is 5.82 Å². The van der Waals surface area contributed by atoms with Crippen molar-refractivity contribution in [3.05, 3.63) is 64.8 Å². The van der Waals surface area contributed by atoms with Gasteiger partial charge in [0.15, 0.2) is 0 Å². The number of carbonyl (C=O) groups excluding carboxylic acids is 1. The van der Waals surface area contributed by atoms with Gasteiger partial charge in [-0.2, -0.15) is 8.78 Å². The average Bonchev–Trinajstić information content (AvgIpc) is 3.37. The summed E-state index contributed by atoms with van der Waals surface area (Å²) in [6.45, 7) is 2.62. The molecule has 0 spiro atoms. The van der Waals surface area contributed by atoms with Gasteiger partial charge in [-0.3, -0.25) is 0 Å². The van der Waals surface area contributed by atoms with E-state index in [4.69, 9.17) is 13.9 Å². The molecule has 0 unspecified atom stereocenters. The van der Waals surface area contributed by atoms with Gasteiger partial charge in [-0.1, -0.05) is 24.3 Å². The summed E-state index contributed by atoms with van der Waals surface area (Å²) in [4.78, 5) is 14.0. The molecule has 1 fully saturated rings. The van der Waals surface area contributed by atoms with E-state index in [-0.39, 0.29) is 23.9 Å². The highest BCUT2D eigenvalue weighted by molar-refractivity contribution is 5.74. The van der Waals surface area contributed by atoms with Crippen LogP contribution in [0.4, 0.5) is 18.0 Å². The van der Waals surface area contributed by atoms with Gasteiger partial charge in [0.1, 0.15) is 11.6 Å². The smallest absolute Gasteiger partial charge is 0.317 e. The Morgan fingerprint density at radius 2 is 1.91 bits per heavy atom. The Morgan fingerprint density at radius 3 is 2.60 bits per heavy atom. The number of methoxy groups -OCH3 is 1. The third-order valence-electron chi connectivity index (χ3n) is 5.66. The number of nitrogens with one attached hydrogen (secondary N) is 1. The fourth-order valence-electron chi connectivity index (χ4n) is 3.89. The van der Waals surface area contributed by atoms with E-state index < -0.39 is 18.1 Å². The molecule has 2 heterocycles. The second-order valence-electron chi connectivity index (χ2n) is 7.92. The van der Waals surface area contributed by atoms with Gasteiger partial charge in [0.05, 0.1) is 20.3 Å². The highest BCUT2D eigenvalue weighted by Crippen LogP contribution is 2.29. The molecule has 35 heavy (non-hydrogen) atoms. The summed E-state index contributed by atoms with van der Waals surface area (Å²) in [5.74, 6) is -0.906. The quantitative estimate of drug-likeness (QED) is 0.514. The molecule has 0 atom stereocenters. The molecule has 2 amide bonds. The van der Waals surface area contributed by atoms with E-state index in [0.29, 0.717) is 50.6 Å².